The largest absolute Gasteiger partial charge is 0.335 e. The Kier molecular flexibility index (Phi) is 3.83. The van der Waals surface area contributed by atoms with E-state index in [4.69, 9.17) is 0 Å². The third kappa shape index (κ3) is 3.07. The lowest BCUT2D eigenvalue weighted by Gasteiger charge is -2.28. The summed E-state index contributed by atoms with van der Waals surface area (Å²) in [5, 5.41) is 0. The van der Waals surface area contributed by atoms with Crippen molar-refractivity contribution < 1.29 is 0 Å². The highest BCUT2D eigenvalue weighted by Gasteiger charge is 2.20. The molecule has 106 valence electrons. The molecule has 1 aliphatic heterocycles. The van der Waals surface area contributed by atoms with E-state index in [1.165, 1.54) is 17.8 Å². The molecule has 4 heteroatoms. The Bertz CT molecular complexity index is 558. The van der Waals surface area contributed by atoms with Crippen LogP contribution in [-0.2, 0) is 19.5 Å². The zero-order chi connectivity index (χ0) is 13.9. The van der Waals surface area contributed by atoms with Crippen molar-refractivity contribution in [2.45, 2.75) is 32.9 Å². The summed E-state index contributed by atoms with van der Waals surface area (Å²) in [5.74, 6) is 1.95. The quantitative estimate of drug-likeness (QED) is 0.854. The van der Waals surface area contributed by atoms with Gasteiger partial charge in [0.2, 0.25) is 0 Å². The van der Waals surface area contributed by atoms with Crippen molar-refractivity contribution in [3.63, 3.8) is 0 Å². The number of imidazole rings is 1. The number of hydrogen-bond donors (Lipinski definition) is 0. The first-order valence-corrected chi connectivity index (χ1v) is 7.31. The smallest absolute Gasteiger partial charge is 0.108 e. The number of hydrogen-bond acceptors (Lipinski definition) is 3. The highest BCUT2D eigenvalue weighted by Crippen LogP contribution is 2.19. The average Bonchev–Trinajstić information content (AvgIpc) is 2.89. The van der Waals surface area contributed by atoms with Crippen LogP contribution in [0.2, 0.25) is 0 Å². The summed E-state index contributed by atoms with van der Waals surface area (Å²) in [4.78, 5) is 11.2. The van der Waals surface area contributed by atoms with Gasteiger partial charge in [0.1, 0.15) is 5.82 Å². The molecule has 20 heavy (non-hydrogen) atoms. The molecule has 0 saturated heterocycles. The lowest BCUT2D eigenvalue weighted by atomic mass is 9.99. The molecular weight excluding hydrogens is 248 g/mol. The van der Waals surface area contributed by atoms with E-state index >= 15 is 0 Å². The van der Waals surface area contributed by atoms with E-state index in [0.717, 1.165) is 31.7 Å². The van der Waals surface area contributed by atoms with Gasteiger partial charge in [-0.1, -0.05) is 6.07 Å². The molecule has 0 unspecified atom stereocenters. The van der Waals surface area contributed by atoms with E-state index in [-0.39, 0.29) is 0 Å². The molecule has 4 nitrogen and oxygen atoms in total. The summed E-state index contributed by atoms with van der Waals surface area (Å²) in [6.07, 6.45) is 8.30. The first-order valence-electron chi connectivity index (χ1n) is 7.31. The number of aryl methyl sites for hydroxylation is 2. The molecule has 0 fully saturated rings. The maximum Gasteiger partial charge on any atom is 0.108 e. The second-order valence-electron chi connectivity index (χ2n) is 5.92. The minimum Gasteiger partial charge on any atom is -0.335 e. The Hall–Kier alpha value is -1.68. The van der Waals surface area contributed by atoms with Gasteiger partial charge in [0.25, 0.3) is 0 Å². The van der Waals surface area contributed by atoms with Crippen molar-refractivity contribution in [1.29, 1.82) is 0 Å². The monoisotopic (exact) mass is 270 g/mol. The molecule has 2 aromatic heterocycles. The predicted molar refractivity (Wildman–Crippen MR) is 79.3 cm³/mol. The standard InChI is InChI=1S/C16H22N4/c1-13-3-5-15(18-9-13)12-19(2)10-14-4-6-16-17-7-8-20(16)11-14/h3,5,7-9,14H,4,6,10-12H2,1-2H3/t14-/m0/s1. The zero-order valence-electron chi connectivity index (χ0n) is 12.3. The fourth-order valence-electron chi connectivity index (χ4n) is 2.96. The molecule has 0 bridgehead atoms. The summed E-state index contributed by atoms with van der Waals surface area (Å²) in [7, 11) is 2.19. The van der Waals surface area contributed by atoms with Gasteiger partial charge < -0.3 is 9.47 Å². The Labute approximate surface area is 120 Å². The average molecular weight is 270 g/mol. The molecule has 0 radical (unpaired) electrons. The molecule has 1 atom stereocenters. The topological polar surface area (TPSA) is 34.0 Å². The molecule has 0 saturated carbocycles. The van der Waals surface area contributed by atoms with E-state index in [1.807, 2.05) is 12.4 Å². The molecule has 0 aromatic carbocycles. The Morgan fingerprint density at radius 2 is 2.25 bits per heavy atom. The van der Waals surface area contributed by atoms with Crippen LogP contribution >= 0.6 is 0 Å². The second kappa shape index (κ2) is 5.75. The van der Waals surface area contributed by atoms with Crippen molar-refractivity contribution in [1.82, 2.24) is 19.4 Å². The normalized spacial score (nSPS) is 18.2. The summed E-state index contributed by atoms with van der Waals surface area (Å²) in [5.41, 5.74) is 2.37. The van der Waals surface area contributed by atoms with Crippen LogP contribution in [-0.4, -0.2) is 33.0 Å². The molecule has 0 N–H and O–H groups in total. The SMILES string of the molecule is Cc1ccc(CN(C)C[C@@H]2CCc3nccn3C2)nc1. The molecule has 0 spiro atoms. The first kappa shape index (κ1) is 13.3. The van der Waals surface area contributed by atoms with Gasteiger partial charge in [0.15, 0.2) is 0 Å². The lowest BCUT2D eigenvalue weighted by molar-refractivity contribution is 0.227. The fourth-order valence-corrected chi connectivity index (χ4v) is 2.96. The minimum absolute atomic E-state index is 0.715. The van der Waals surface area contributed by atoms with Crippen LogP contribution in [0.5, 0.6) is 0 Å². The molecular formula is C16H22N4. The Morgan fingerprint density at radius 3 is 3.05 bits per heavy atom. The van der Waals surface area contributed by atoms with Gasteiger partial charge in [-0.2, -0.15) is 0 Å². The van der Waals surface area contributed by atoms with Crippen LogP contribution in [0.25, 0.3) is 0 Å². The summed E-state index contributed by atoms with van der Waals surface area (Å²) >= 11 is 0. The first-order chi connectivity index (χ1) is 9.70. The van der Waals surface area contributed by atoms with Crippen molar-refractivity contribution in [3.05, 3.63) is 47.8 Å². The van der Waals surface area contributed by atoms with Gasteiger partial charge in [0, 0.05) is 44.6 Å². The Morgan fingerprint density at radius 1 is 1.35 bits per heavy atom. The van der Waals surface area contributed by atoms with Crippen LogP contribution < -0.4 is 0 Å². The molecule has 3 rings (SSSR count). The van der Waals surface area contributed by atoms with Crippen LogP contribution in [0.3, 0.4) is 0 Å². The summed E-state index contributed by atoms with van der Waals surface area (Å²) in [6.45, 7) is 5.22. The molecule has 0 aliphatic carbocycles. The van der Waals surface area contributed by atoms with E-state index in [9.17, 15) is 0 Å². The van der Waals surface area contributed by atoms with E-state index in [0.29, 0.717) is 5.92 Å². The van der Waals surface area contributed by atoms with Gasteiger partial charge >= 0.3 is 0 Å². The molecule has 3 heterocycles. The number of rotatable bonds is 4. The molecule has 1 aliphatic rings. The van der Waals surface area contributed by atoms with Gasteiger partial charge in [-0.05, 0) is 37.9 Å². The number of pyridine rings is 1. The van der Waals surface area contributed by atoms with Crippen LogP contribution in [0.15, 0.2) is 30.7 Å². The van der Waals surface area contributed by atoms with Crippen LogP contribution in [0.1, 0.15) is 23.5 Å². The number of aromatic nitrogens is 3. The minimum atomic E-state index is 0.715. The third-order valence-electron chi connectivity index (χ3n) is 4.01. The highest BCUT2D eigenvalue weighted by molar-refractivity contribution is 5.12. The van der Waals surface area contributed by atoms with Crippen molar-refractivity contribution in [2.75, 3.05) is 13.6 Å². The summed E-state index contributed by atoms with van der Waals surface area (Å²) < 4.78 is 2.30. The van der Waals surface area contributed by atoms with E-state index < -0.39 is 0 Å². The number of fused-ring (bicyclic) bond motifs is 1. The highest BCUT2D eigenvalue weighted by atomic mass is 15.1. The zero-order valence-corrected chi connectivity index (χ0v) is 12.3. The van der Waals surface area contributed by atoms with Gasteiger partial charge in [-0.15, -0.1) is 0 Å². The lowest BCUT2D eigenvalue weighted by Crippen LogP contribution is -2.31. The Balaban J connectivity index is 1.54. The van der Waals surface area contributed by atoms with Crippen molar-refractivity contribution >= 4 is 0 Å². The van der Waals surface area contributed by atoms with Crippen LogP contribution in [0, 0.1) is 12.8 Å². The van der Waals surface area contributed by atoms with E-state index in [2.05, 4.69) is 51.7 Å². The van der Waals surface area contributed by atoms with Gasteiger partial charge in [-0.25, -0.2) is 4.98 Å². The molecule has 2 aromatic rings. The molecule has 0 amide bonds. The second-order valence-corrected chi connectivity index (χ2v) is 5.92. The van der Waals surface area contributed by atoms with E-state index in [1.54, 1.807) is 0 Å². The van der Waals surface area contributed by atoms with Crippen LogP contribution in [0.4, 0.5) is 0 Å². The predicted octanol–water partition coefficient (Wildman–Crippen LogP) is 2.28. The summed E-state index contributed by atoms with van der Waals surface area (Å²) in [6, 6.07) is 4.26. The van der Waals surface area contributed by atoms with Crippen molar-refractivity contribution in [3.8, 4) is 0 Å². The maximum absolute atomic E-state index is 4.48. The van der Waals surface area contributed by atoms with Crippen molar-refractivity contribution in [2.24, 2.45) is 5.92 Å². The van der Waals surface area contributed by atoms with Gasteiger partial charge in [-0.3, -0.25) is 4.98 Å². The third-order valence-corrected chi connectivity index (χ3v) is 4.01. The number of nitrogens with zero attached hydrogens (tertiary/aromatic N) is 4. The van der Waals surface area contributed by atoms with Gasteiger partial charge in [0.05, 0.1) is 5.69 Å². The fraction of sp³-hybridized carbons (Fsp3) is 0.500. The maximum atomic E-state index is 4.48.